The highest BCUT2D eigenvalue weighted by molar-refractivity contribution is 4.83. The Labute approximate surface area is 68.1 Å². The molecular formula is C9H15NO. The molecular weight excluding hydrogens is 138 g/mol. The summed E-state index contributed by atoms with van der Waals surface area (Å²) >= 11 is 0. The summed E-state index contributed by atoms with van der Waals surface area (Å²) in [7, 11) is 0. The molecule has 62 valence electrons. The molecule has 1 fully saturated rings. The fourth-order valence-corrected chi connectivity index (χ4v) is 1.05. The van der Waals surface area contributed by atoms with E-state index in [0.29, 0.717) is 6.10 Å². The van der Waals surface area contributed by atoms with E-state index in [9.17, 15) is 0 Å². The number of nitrogens with zero attached hydrogens (tertiary/aromatic N) is 1. The third-order valence-electron chi connectivity index (χ3n) is 1.64. The van der Waals surface area contributed by atoms with Gasteiger partial charge in [-0.15, -0.1) is 13.2 Å². The van der Waals surface area contributed by atoms with E-state index in [-0.39, 0.29) is 0 Å². The van der Waals surface area contributed by atoms with Gasteiger partial charge in [-0.05, 0) is 0 Å². The average molecular weight is 153 g/mol. The van der Waals surface area contributed by atoms with Gasteiger partial charge in [-0.25, -0.2) is 0 Å². The van der Waals surface area contributed by atoms with Crippen LogP contribution < -0.4 is 0 Å². The van der Waals surface area contributed by atoms with Crippen molar-refractivity contribution >= 4 is 0 Å². The minimum Gasteiger partial charge on any atom is -0.372 e. The summed E-state index contributed by atoms with van der Waals surface area (Å²) in [5.74, 6) is 0. The third kappa shape index (κ3) is 3.35. The van der Waals surface area contributed by atoms with Crippen LogP contribution in [0.3, 0.4) is 0 Å². The topological polar surface area (TPSA) is 15.8 Å². The van der Waals surface area contributed by atoms with Crippen LogP contribution in [0.15, 0.2) is 25.3 Å². The number of hydrogen-bond acceptors (Lipinski definition) is 2. The zero-order valence-electron chi connectivity index (χ0n) is 6.83. The molecule has 0 unspecified atom stereocenters. The smallest absolute Gasteiger partial charge is 0.0936 e. The molecule has 0 bridgehead atoms. The van der Waals surface area contributed by atoms with Crippen molar-refractivity contribution in [2.75, 3.05) is 26.2 Å². The van der Waals surface area contributed by atoms with Gasteiger partial charge in [0.2, 0.25) is 0 Å². The summed E-state index contributed by atoms with van der Waals surface area (Å²) < 4.78 is 5.12. The van der Waals surface area contributed by atoms with Crippen LogP contribution in [0.2, 0.25) is 0 Å². The van der Waals surface area contributed by atoms with Gasteiger partial charge in [0, 0.05) is 19.6 Å². The zero-order chi connectivity index (χ0) is 8.10. The van der Waals surface area contributed by atoms with Gasteiger partial charge in [0.1, 0.15) is 0 Å². The number of epoxide rings is 1. The molecule has 1 aliphatic rings. The number of rotatable bonds is 6. The largest absolute Gasteiger partial charge is 0.372 e. The van der Waals surface area contributed by atoms with Crippen LogP contribution in [0.4, 0.5) is 0 Å². The fraction of sp³-hybridized carbons (Fsp3) is 0.556. The summed E-state index contributed by atoms with van der Waals surface area (Å²) in [6.45, 7) is 11.2. The molecule has 1 heterocycles. The predicted octanol–water partition coefficient (Wildman–Crippen LogP) is 1.06. The van der Waals surface area contributed by atoms with Crippen molar-refractivity contribution in [1.29, 1.82) is 0 Å². The van der Waals surface area contributed by atoms with Crippen molar-refractivity contribution < 1.29 is 4.74 Å². The lowest BCUT2D eigenvalue weighted by Gasteiger charge is -2.16. The van der Waals surface area contributed by atoms with Gasteiger partial charge >= 0.3 is 0 Å². The van der Waals surface area contributed by atoms with E-state index in [0.717, 1.165) is 26.2 Å². The summed E-state index contributed by atoms with van der Waals surface area (Å²) in [6, 6.07) is 0. The van der Waals surface area contributed by atoms with Crippen molar-refractivity contribution in [2.45, 2.75) is 6.10 Å². The summed E-state index contributed by atoms with van der Waals surface area (Å²) in [5, 5.41) is 0. The lowest BCUT2D eigenvalue weighted by molar-refractivity contribution is 0.284. The molecule has 1 saturated heterocycles. The molecule has 11 heavy (non-hydrogen) atoms. The highest BCUT2D eigenvalue weighted by Gasteiger charge is 2.24. The first kappa shape index (κ1) is 8.50. The van der Waals surface area contributed by atoms with Crippen LogP contribution in [0.25, 0.3) is 0 Å². The molecule has 0 aliphatic carbocycles. The Morgan fingerprint density at radius 2 is 1.91 bits per heavy atom. The van der Waals surface area contributed by atoms with Crippen LogP contribution in [0.1, 0.15) is 0 Å². The van der Waals surface area contributed by atoms with Gasteiger partial charge < -0.3 is 4.74 Å². The first-order chi connectivity index (χ1) is 5.36. The van der Waals surface area contributed by atoms with Gasteiger partial charge in [0.05, 0.1) is 12.7 Å². The predicted molar refractivity (Wildman–Crippen MR) is 46.6 cm³/mol. The molecule has 0 aromatic heterocycles. The van der Waals surface area contributed by atoms with Crippen LogP contribution in [-0.2, 0) is 4.74 Å². The summed E-state index contributed by atoms with van der Waals surface area (Å²) in [5.41, 5.74) is 0. The van der Waals surface area contributed by atoms with Gasteiger partial charge in [0.15, 0.2) is 0 Å². The summed E-state index contributed by atoms with van der Waals surface area (Å²) in [4.78, 5) is 2.26. The molecule has 0 spiro atoms. The molecule has 1 rings (SSSR count). The standard InChI is InChI=1S/C9H15NO/c1-3-5-10(6-4-2)7-9-8-11-9/h3-4,9H,1-2,5-8H2/t9-/m0/s1. The normalized spacial score (nSPS) is 21.7. The lowest BCUT2D eigenvalue weighted by atomic mass is 10.4. The minimum atomic E-state index is 0.467. The van der Waals surface area contributed by atoms with Crippen LogP contribution in [-0.4, -0.2) is 37.2 Å². The van der Waals surface area contributed by atoms with Crippen LogP contribution in [0.5, 0.6) is 0 Å². The van der Waals surface area contributed by atoms with Crippen LogP contribution >= 0.6 is 0 Å². The van der Waals surface area contributed by atoms with E-state index in [1.807, 2.05) is 12.2 Å². The van der Waals surface area contributed by atoms with Crippen molar-refractivity contribution in [3.63, 3.8) is 0 Å². The Morgan fingerprint density at radius 3 is 2.27 bits per heavy atom. The molecule has 0 N–H and O–H groups in total. The Kier molecular flexibility index (Phi) is 3.33. The van der Waals surface area contributed by atoms with E-state index in [1.165, 1.54) is 0 Å². The molecule has 0 aromatic carbocycles. The molecule has 0 radical (unpaired) electrons. The molecule has 0 aromatic rings. The van der Waals surface area contributed by atoms with Crippen molar-refractivity contribution in [3.05, 3.63) is 25.3 Å². The van der Waals surface area contributed by atoms with Crippen molar-refractivity contribution in [3.8, 4) is 0 Å². The van der Waals surface area contributed by atoms with E-state index >= 15 is 0 Å². The van der Waals surface area contributed by atoms with Crippen molar-refractivity contribution in [1.82, 2.24) is 4.90 Å². The van der Waals surface area contributed by atoms with E-state index < -0.39 is 0 Å². The zero-order valence-corrected chi connectivity index (χ0v) is 6.83. The second kappa shape index (κ2) is 4.31. The van der Waals surface area contributed by atoms with Crippen LogP contribution in [0, 0.1) is 0 Å². The Bertz CT molecular complexity index is 130. The Morgan fingerprint density at radius 1 is 1.36 bits per heavy atom. The maximum Gasteiger partial charge on any atom is 0.0936 e. The fourth-order valence-electron chi connectivity index (χ4n) is 1.05. The molecule has 1 atom stereocenters. The van der Waals surface area contributed by atoms with Gasteiger partial charge in [0.25, 0.3) is 0 Å². The maximum absolute atomic E-state index is 5.12. The highest BCUT2D eigenvalue weighted by Crippen LogP contribution is 2.10. The Balaban J connectivity index is 2.18. The molecule has 2 nitrogen and oxygen atoms in total. The van der Waals surface area contributed by atoms with Crippen molar-refractivity contribution in [2.24, 2.45) is 0 Å². The first-order valence-electron chi connectivity index (χ1n) is 3.92. The minimum absolute atomic E-state index is 0.467. The second-order valence-corrected chi connectivity index (χ2v) is 2.75. The molecule has 1 aliphatic heterocycles. The third-order valence-corrected chi connectivity index (χ3v) is 1.64. The van der Waals surface area contributed by atoms with Gasteiger partial charge in [-0.3, -0.25) is 4.90 Å². The van der Waals surface area contributed by atoms with Gasteiger partial charge in [-0.1, -0.05) is 12.2 Å². The maximum atomic E-state index is 5.12. The Hall–Kier alpha value is -0.600. The monoisotopic (exact) mass is 153 g/mol. The summed E-state index contributed by atoms with van der Waals surface area (Å²) in [6.07, 6.45) is 4.28. The molecule has 0 saturated carbocycles. The molecule has 0 amide bonds. The lowest BCUT2D eigenvalue weighted by Crippen LogP contribution is -2.28. The quantitative estimate of drug-likeness (QED) is 0.419. The number of hydrogen-bond donors (Lipinski definition) is 0. The first-order valence-corrected chi connectivity index (χ1v) is 3.92. The van der Waals surface area contributed by atoms with Gasteiger partial charge in [-0.2, -0.15) is 0 Å². The van der Waals surface area contributed by atoms with E-state index in [4.69, 9.17) is 4.74 Å². The number of ether oxygens (including phenoxy) is 1. The average Bonchev–Trinajstić information content (AvgIpc) is 2.73. The van der Waals surface area contributed by atoms with E-state index in [1.54, 1.807) is 0 Å². The second-order valence-electron chi connectivity index (χ2n) is 2.75. The molecule has 2 heteroatoms. The SMILES string of the molecule is C=CCN(CC=C)C[C@H]1CO1. The van der Waals surface area contributed by atoms with E-state index in [2.05, 4.69) is 18.1 Å². The highest BCUT2D eigenvalue weighted by atomic mass is 16.6.